The first kappa shape index (κ1) is 21.7. The van der Waals surface area contributed by atoms with E-state index in [1.165, 1.54) is 32.4 Å². The molecule has 0 aliphatic heterocycles. The van der Waals surface area contributed by atoms with Crippen molar-refractivity contribution in [1.82, 2.24) is 10.0 Å². The summed E-state index contributed by atoms with van der Waals surface area (Å²) in [6.07, 6.45) is -0.113. The summed E-state index contributed by atoms with van der Waals surface area (Å²) in [6.45, 7) is 1.83. The van der Waals surface area contributed by atoms with Crippen LogP contribution in [-0.4, -0.2) is 52.7 Å². The molecule has 1 rings (SSSR count). The molecule has 0 fully saturated rings. The number of carbonyl (C=O) groups excluding carboxylic acids is 1. The topological polar surface area (TPSA) is 131 Å². The van der Waals surface area contributed by atoms with Gasteiger partial charge in [-0.15, -0.1) is 0 Å². The zero-order valence-corrected chi connectivity index (χ0v) is 15.8. The molecule has 0 radical (unpaired) electrons. The second-order valence-corrected chi connectivity index (χ2v) is 7.44. The first-order chi connectivity index (χ1) is 12.2. The van der Waals surface area contributed by atoms with Crippen molar-refractivity contribution in [1.29, 1.82) is 0 Å². The molecule has 1 aromatic rings. The lowest BCUT2D eigenvalue weighted by atomic mass is 10.1. The predicted octanol–water partition coefficient (Wildman–Crippen LogP) is 0.599. The lowest BCUT2D eigenvalue weighted by molar-refractivity contribution is -0.138. The maximum atomic E-state index is 12.3. The van der Waals surface area contributed by atoms with Crippen molar-refractivity contribution in [2.45, 2.75) is 24.7 Å². The molecule has 26 heavy (non-hydrogen) atoms. The molecule has 0 aliphatic carbocycles. The molecule has 0 saturated carbocycles. The predicted molar refractivity (Wildman–Crippen MR) is 93.8 cm³/mol. The number of methoxy groups -OCH3 is 2. The Bertz CT molecular complexity index is 734. The number of sulfonamides is 1. The Labute approximate surface area is 152 Å². The molecule has 146 valence electrons. The summed E-state index contributed by atoms with van der Waals surface area (Å²) in [4.78, 5) is 22.3. The van der Waals surface area contributed by atoms with Gasteiger partial charge in [-0.1, -0.05) is 6.92 Å². The number of carboxylic acid groups (broad SMARTS) is 1. The van der Waals surface area contributed by atoms with E-state index in [2.05, 4.69) is 10.0 Å². The van der Waals surface area contributed by atoms with Crippen molar-refractivity contribution in [2.24, 2.45) is 5.92 Å². The minimum atomic E-state index is -3.80. The third-order valence-electron chi connectivity index (χ3n) is 3.48. The Morgan fingerprint density at radius 3 is 2.42 bits per heavy atom. The molecule has 1 amide bonds. The standard InChI is InChI=1S/C16H24N2O7S/c1-11(8-16(20)21)10-17-15(19)6-7-18-26(22,23)12-4-5-13(24-2)14(9-12)25-3/h4-5,9,11,18H,6-8,10H2,1-3H3,(H,17,19)(H,20,21). The van der Waals surface area contributed by atoms with E-state index < -0.39 is 16.0 Å². The van der Waals surface area contributed by atoms with Crippen LogP contribution in [0, 0.1) is 5.92 Å². The Hall–Kier alpha value is -2.33. The summed E-state index contributed by atoms with van der Waals surface area (Å²) >= 11 is 0. The summed E-state index contributed by atoms with van der Waals surface area (Å²) in [5, 5.41) is 11.2. The van der Waals surface area contributed by atoms with Gasteiger partial charge < -0.3 is 19.9 Å². The molecular formula is C16H24N2O7S. The maximum absolute atomic E-state index is 12.3. The highest BCUT2D eigenvalue weighted by atomic mass is 32.2. The van der Waals surface area contributed by atoms with Crippen molar-refractivity contribution < 1.29 is 32.6 Å². The Morgan fingerprint density at radius 2 is 1.85 bits per heavy atom. The quantitative estimate of drug-likeness (QED) is 0.506. The van der Waals surface area contributed by atoms with Crippen LogP contribution in [0.4, 0.5) is 0 Å². The molecule has 1 unspecified atom stereocenters. The van der Waals surface area contributed by atoms with E-state index in [0.29, 0.717) is 5.75 Å². The van der Waals surface area contributed by atoms with E-state index in [1.807, 2.05) is 0 Å². The van der Waals surface area contributed by atoms with E-state index >= 15 is 0 Å². The minimum Gasteiger partial charge on any atom is -0.493 e. The van der Waals surface area contributed by atoms with Crippen LogP contribution in [0.5, 0.6) is 11.5 Å². The number of hydrogen-bond donors (Lipinski definition) is 3. The number of hydrogen-bond acceptors (Lipinski definition) is 6. The fourth-order valence-electron chi connectivity index (χ4n) is 2.11. The summed E-state index contributed by atoms with van der Waals surface area (Å²) in [5.41, 5.74) is 0. The second kappa shape index (κ2) is 9.97. The van der Waals surface area contributed by atoms with Crippen LogP contribution in [0.3, 0.4) is 0 Å². The van der Waals surface area contributed by atoms with Gasteiger partial charge in [-0.2, -0.15) is 0 Å². The normalized spacial score (nSPS) is 12.3. The molecule has 0 saturated heterocycles. The average molecular weight is 388 g/mol. The first-order valence-electron chi connectivity index (χ1n) is 7.89. The van der Waals surface area contributed by atoms with Gasteiger partial charge in [0.1, 0.15) is 0 Å². The van der Waals surface area contributed by atoms with Crippen LogP contribution in [0.25, 0.3) is 0 Å². The molecule has 3 N–H and O–H groups in total. The zero-order valence-electron chi connectivity index (χ0n) is 14.9. The summed E-state index contributed by atoms with van der Waals surface area (Å²) in [7, 11) is -0.959. The van der Waals surface area contributed by atoms with E-state index in [-0.39, 0.29) is 48.4 Å². The van der Waals surface area contributed by atoms with Crippen molar-refractivity contribution >= 4 is 21.9 Å². The molecule has 0 bridgehead atoms. The Morgan fingerprint density at radius 1 is 1.19 bits per heavy atom. The zero-order chi connectivity index (χ0) is 19.7. The van der Waals surface area contributed by atoms with Crippen molar-refractivity contribution in [3.8, 4) is 11.5 Å². The number of benzene rings is 1. The van der Waals surface area contributed by atoms with E-state index in [0.717, 1.165) is 0 Å². The fraction of sp³-hybridized carbons (Fsp3) is 0.500. The van der Waals surface area contributed by atoms with E-state index in [9.17, 15) is 18.0 Å². The van der Waals surface area contributed by atoms with Crippen LogP contribution in [0.15, 0.2) is 23.1 Å². The van der Waals surface area contributed by atoms with Crippen molar-refractivity contribution in [3.05, 3.63) is 18.2 Å². The number of carboxylic acids is 1. The highest BCUT2D eigenvalue weighted by molar-refractivity contribution is 7.89. The SMILES string of the molecule is COc1ccc(S(=O)(=O)NCCC(=O)NCC(C)CC(=O)O)cc1OC. The van der Waals surface area contributed by atoms with Gasteiger partial charge >= 0.3 is 5.97 Å². The fourth-order valence-corrected chi connectivity index (χ4v) is 3.16. The van der Waals surface area contributed by atoms with E-state index in [1.54, 1.807) is 6.92 Å². The minimum absolute atomic E-state index is 0.00867. The summed E-state index contributed by atoms with van der Waals surface area (Å²) in [6, 6.07) is 4.18. The van der Waals surface area contributed by atoms with Crippen LogP contribution in [0.1, 0.15) is 19.8 Å². The number of nitrogens with one attached hydrogen (secondary N) is 2. The van der Waals surface area contributed by atoms with Crippen LogP contribution < -0.4 is 19.5 Å². The van der Waals surface area contributed by atoms with E-state index in [4.69, 9.17) is 14.6 Å². The molecule has 0 spiro atoms. The highest BCUT2D eigenvalue weighted by Gasteiger charge is 2.17. The third-order valence-corrected chi connectivity index (χ3v) is 4.94. The molecule has 1 aromatic carbocycles. The Kier molecular flexibility index (Phi) is 8.33. The van der Waals surface area contributed by atoms with Crippen LogP contribution in [-0.2, 0) is 19.6 Å². The first-order valence-corrected chi connectivity index (χ1v) is 9.38. The molecule has 1 atom stereocenters. The van der Waals surface area contributed by atoms with Gasteiger partial charge in [0.25, 0.3) is 0 Å². The second-order valence-electron chi connectivity index (χ2n) is 5.67. The Balaban J connectivity index is 2.53. The van der Waals surface area contributed by atoms with Gasteiger partial charge in [-0.25, -0.2) is 13.1 Å². The van der Waals surface area contributed by atoms with Gasteiger partial charge in [0.05, 0.1) is 19.1 Å². The molecule has 0 aromatic heterocycles. The van der Waals surface area contributed by atoms with Gasteiger partial charge in [-0.05, 0) is 18.1 Å². The monoisotopic (exact) mass is 388 g/mol. The van der Waals surface area contributed by atoms with Crippen molar-refractivity contribution in [3.63, 3.8) is 0 Å². The highest BCUT2D eigenvalue weighted by Crippen LogP contribution is 2.29. The molecule has 10 heteroatoms. The number of carbonyl (C=O) groups is 2. The van der Waals surface area contributed by atoms with Gasteiger partial charge in [0.2, 0.25) is 15.9 Å². The van der Waals surface area contributed by atoms with Crippen molar-refractivity contribution in [2.75, 3.05) is 27.3 Å². The molecule has 9 nitrogen and oxygen atoms in total. The van der Waals surface area contributed by atoms with Crippen LogP contribution >= 0.6 is 0 Å². The summed E-state index contributed by atoms with van der Waals surface area (Å²) < 4.78 is 37.0. The number of ether oxygens (including phenoxy) is 2. The van der Waals surface area contributed by atoms with Crippen LogP contribution in [0.2, 0.25) is 0 Å². The number of amides is 1. The largest absolute Gasteiger partial charge is 0.493 e. The van der Waals surface area contributed by atoms with Gasteiger partial charge in [0.15, 0.2) is 11.5 Å². The van der Waals surface area contributed by atoms with Gasteiger partial charge in [-0.3, -0.25) is 9.59 Å². The number of aliphatic carboxylic acids is 1. The number of rotatable bonds is 11. The third kappa shape index (κ3) is 6.89. The molecular weight excluding hydrogens is 364 g/mol. The summed E-state index contributed by atoms with van der Waals surface area (Å²) in [5.74, 6) is -0.826. The molecule has 0 heterocycles. The lowest BCUT2D eigenvalue weighted by Crippen LogP contribution is -2.33. The average Bonchev–Trinajstić information content (AvgIpc) is 2.58. The maximum Gasteiger partial charge on any atom is 0.303 e. The smallest absolute Gasteiger partial charge is 0.303 e. The van der Waals surface area contributed by atoms with Gasteiger partial charge in [0, 0.05) is 32.0 Å². The lowest BCUT2D eigenvalue weighted by Gasteiger charge is -2.12. The molecule has 0 aliphatic rings.